The van der Waals surface area contributed by atoms with Gasteiger partial charge in [-0.3, -0.25) is 9.48 Å². The van der Waals surface area contributed by atoms with Crippen LogP contribution in [0.15, 0.2) is 28.7 Å². The van der Waals surface area contributed by atoms with Crippen LogP contribution >= 0.6 is 15.9 Å². The molecule has 0 saturated heterocycles. The van der Waals surface area contributed by atoms with E-state index in [1.807, 2.05) is 26.1 Å². The van der Waals surface area contributed by atoms with Crippen LogP contribution in [0.3, 0.4) is 0 Å². The maximum Gasteiger partial charge on any atom is 0.146 e. The zero-order valence-corrected chi connectivity index (χ0v) is 12.6. The lowest BCUT2D eigenvalue weighted by atomic mass is 9.74. The van der Waals surface area contributed by atoms with Gasteiger partial charge >= 0.3 is 0 Å². The van der Waals surface area contributed by atoms with Gasteiger partial charge in [0.2, 0.25) is 0 Å². The summed E-state index contributed by atoms with van der Waals surface area (Å²) in [5.41, 5.74) is 4.40. The fraction of sp³-hybridized carbons (Fsp3) is 0.333. The number of aromatic nitrogens is 2. The molecule has 4 heteroatoms. The first kappa shape index (κ1) is 12.6. The first-order valence-corrected chi connectivity index (χ1v) is 7.15. The van der Waals surface area contributed by atoms with Crippen LogP contribution < -0.4 is 0 Å². The highest BCUT2D eigenvalue weighted by Crippen LogP contribution is 2.36. The van der Waals surface area contributed by atoms with Crippen molar-refractivity contribution in [2.24, 2.45) is 7.05 Å². The molecule has 0 saturated carbocycles. The average molecular weight is 319 g/mol. The van der Waals surface area contributed by atoms with E-state index in [9.17, 15) is 4.79 Å². The third-order valence-electron chi connectivity index (χ3n) is 3.85. The van der Waals surface area contributed by atoms with E-state index in [0.717, 1.165) is 22.3 Å². The van der Waals surface area contributed by atoms with Gasteiger partial charge in [0.05, 0.1) is 22.3 Å². The molecule has 1 unspecified atom stereocenters. The summed E-state index contributed by atoms with van der Waals surface area (Å²) in [5.74, 6) is 0.348. The average Bonchev–Trinajstić information content (AvgIpc) is 2.58. The van der Waals surface area contributed by atoms with Crippen molar-refractivity contribution >= 4 is 21.7 Å². The van der Waals surface area contributed by atoms with Gasteiger partial charge in [0, 0.05) is 13.0 Å². The normalized spacial score (nSPS) is 16.9. The van der Waals surface area contributed by atoms with Gasteiger partial charge in [0.15, 0.2) is 0 Å². The Morgan fingerprint density at radius 1 is 1.47 bits per heavy atom. The number of fused-ring (bicyclic) bond motifs is 1. The van der Waals surface area contributed by atoms with Crippen LogP contribution in [-0.4, -0.2) is 15.6 Å². The molecular weight excluding hydrogens is 304 g/mol. The van der Waals surface area contributed by atoms with Crippen LogP contribution in [0.2, 0.25) is 0 Å². The van der Waals surface area contributed by atoms with Gasteiger partial charge in [0.25, 0.3) is 0 Å². The number of hydrogen-bond acceptors (Lipinski definition) is 2. The summed E-state index contributed by atoms with van der Waals surface area (Å²) in [6.45, 7) is 1.94. The Hall–Kier alpha value is -1.42. The number of nitrogens with zero attached hydrogens (tertiary/aromatic N) is 2. The van der Waals surface area contributed by atoms with E-state index in [0.29, 0.717) is 6.42 Å². The van der Waals surface area contributed by atoms with E-state index in [1.54, 1.807) is 4.68 Å². The summed E-state index contributed by atoms with van der Waals surface area (Å²) in [6, 6.07) is 8.19. The Balaban J connectivity index is 1.81. The van der Waals surface area contributed by atoms with Crippen LogP contribution in [0, 0.1) is 6.92 Å². The summed E-state index contributed by atoms with van der Waals surface area (Å²) >= 11 is 3.51. The maximum absolute atomic E-state index is 12.4. The molecule has 0 amide bonds. The molecule has 98 valence electrons. The Bertz CT molecular complexity index is 660. The molecule has 19 heavy (non-hydrogen) atoms. The number of halogens is 1. The monoisotopic (exact) mass is 318 g/mol. The molecule has 3 rings (SSSR count). The van der Waals surface area contributed by atoms with Crippen LogP contribution in [-0.2, 0) is 24.7 Å². The zero-order valence-electron chi connectivity index (χ0n) is 11.0. The van der Waals surface area contributed by atoms with E-state index in [2.05, 4.69) is 33.2 Å². The van der Waals surface area contributed by atoms with Crippen LogP contribution in [0.4, 0.5) is 0 Å². The summed E-state index contributed by atoms with van der Waals surface area (Å²) in [5, 5.41) is 4.33. The van der Waals surface area contributed by atoms with Gasteiger partial charge in [-0.05, 0) is 40.4 Å². The molecule has 1 aliphatic carbocycles. The number of ketones is 1. The highest BCUT2D eigenvalue weighted by Gasteiger charge is 2.32. The van der Waals surface area contributed by atoms with E-state index < -0.39 is 0 Å². The third kappa shape index (κ3) is 2.04. The molecule has 0 fully saturated rings. The number of carbonyl (C=O) groups is 1. The molecule has 1 aliphatic rings. The Morgan fingerprint density at radius 3 is 2.84 bits per heavy atom. The fourth-order valence-corrected chi connectivity index (χ4v) is 3.18. The molecule has 3 nitrogen and oxygen atoms in total. The third-order valence-corrected chi connectivity index (χ3v) is 4.88. The lowest BCUT2D eigenvalue weighted by Crippen LogP contribution is -2.27. The number of rotatable bonds is 3. The summed E-state index contributed by atoms with van der Waals surface area (Å²) in [6.07, 6.45) is 1.32. The van der Waals surface area contributed by atoms with Gasteiger partial charge < -0.3 is 0 Å². The summed E-state index contributed by atoms with van der Waals surface area (Å²) in [7, 11) is 1.88. The van der Waals surface area contributed by atoms with Crippen molar-refractivity contribution in [1.29, 1.82) is 0 Å². The van der Waals surface area contributed by atoms with E-state index in [4.69, 9.17) is 0 Å². The van der Waals surface area contributed by atoms with Crippen LogP contribution in [0.1, 0.15) is 28.4 Å². The summed E-state index contributed by atoms with van der Waals surface area (Å²) < 4.78 is 2.75. The number of benzene rings is 1. The highest BCUT2D eigenvalue weighted by atomic mass is 79.9. The molecule has 1 aromatic heterocycles. The number of Topliss-reactive ketones (excluding diaryl/α,β-unsaturated/α-hetero) is 1. The predicted molar refractivity (Wildman–Crippen MR) is 77.2 cm³/mol. The van der Waals surface area contributed by atoms with Crippen LogP contribution in [0.5, 0.6) is 0 Å². The van der Waals surface area contributed by atoms with E-state index in [-0.39, 0.29) is 11.7 Å². The molecule has 0 aliphatic heterocycles. The number of hydrogen-bond donors (Lipinski definition) is 0. The molecule has 0 spiro atoms. The molecule has 0 radical (unpaired) electrons. The SMILES string of the molecule is Cc1nn(C)c(CC(=O)C2Cc3ccccc32)c1Br. The molecule has 0 N–H and O–H groups in total. The van der Waals surface area contributed by atoms with Crippen molar-refractivity contribution in [3.05, 3.63) is 51.3 Å². The second-order valence-corrected chi connectivity index (χ2v) is 5.86. The Morgan fingerprint density at radius 2 is 2.21 bits per heavy atom. The molecule has 1 heterocycles. The molecule has 0 bridgehead atoms. The minimum Gasteiger partial charge on any atom is -0.299 e. The lowest BCUT2D eigenvalue weighted by molar-refractivity contribution is -0.120. The highest BCUT2D eigenvalue weighted by molar-refractivity contribution is 9.10. The first-order valence-electron chi connectivity index (χ1n) is 6.36. The Kier molecular flexibility index (Phi) is 3.05. The van der Waals surface area contributed by atoms with Gasteiger partial charge in [-0.2, -0.15) is 5.10 Å². The van der Waals surface area contributed by atoms with Crippen LogP contribution in [0.25, 0.3) is 0 Å². The second kappa shape index (κ2) is 4.60. The van der Waals surface area contributed by atoms with Gasteiger partial charge in [-0.15, -0.1) is 0 Å². The van der Waals surface area contributed by atoms with Crippen molar-refractivity contribution in [2.75, 3.05) is 0 Å². The smallest absolute Gasteiger partial charge is 0.146 e. The minimum absolute atomic E-state index is 0.0679. The van der Waals surface area contributed by atoms with Crippen molar-refractivity contribution in [3.63, 3.8) is 0 Å². The number of aryl methyl sites for hydroxylation is 2. The van der Waals surface area contributed by atoms with Gasteiger partial charge in [-0.1, -0.05) is 24.3 Å². The fourth-order valence-electron chi connectivity index (χ4n) is 2.71. The molecule has 1 atom stereocenters. The molecule has 1 aromatic carbocycles. The topological polar surface area (TPSA) is 34.9 Å². The lowest BCUT2D eigenvalue weighted by Gasteiger charge is -2.28. The van der Waals surface area contributed by atoms with Crippen molar-refractivity contribution in [2.45, 2.75) is 25.7 Å². The molecule has 2 aromatic rings. The van der Waals surface area contributed by atoms with Crippen molar-refractivity contribution in [3.8, 4) is 0 Å². The minimum atomic E-state index is 0.0679. The Labute approximate surface area is 120 Å². The first-order chi connectivity index (χ1) is 9.08. The van der Waals surface area contributed by atoms with E-state index >= 15 is 0 Å². The maximum atomic E-state index is 12.4. The largest absolute Gasteiger partial charge is 0.299 e. The predicted octanol–water partition coefficient (Wildman–Crippen LogP) is 2.94. The second-order valence-electron chi connectivity index (χ2n) is 5.07. The molecular formula is C15H15BrN2O. The number of carbonyl (C=O) groups excluding carboxylic acids is 1. The van der Waals surface area contributed by atoms with Crippen molar-refractivity contribution < 1.29 is 4.79 Å². The standard InChI is InChI=1S/C15H15BrN2O/c1-9-15(16)13(18(2)17-9)8-14(19)12-7-10-5-3-4-6-11(10)12/h3-6,12H,7-8H2,1-2H3. The quantitative estimate of drug-likeness (QED) is 0.872. The summed E-state index contributed by atoms with van der Waals surface area (Å²) in [4.78, 5) is 12.4. The van der Waals surface area contributed by atoms with Crippen molar-refractivity contribution in [1.82, 2.24) is 9.78 Å². The van der Waals surface area contributed by atoms with Gasteiger partial charge in [0.1, 0.15) is 5.78 Å². The van der Waals surface area contributed by atoms with E-state index in [1.165, 1.54) is 11.1 Å². The zero-order chi connectivity index (χ0) is 13.6. The van der Waals surface area contributed by atoms with Gasteiger partial charge in [-0.25, -0.2) is 0 Å².